The van der Waals surface area contributed by atoms with Gasteiger partial charge in [0, 0.05) is 0 Å². The minimum absolute atomic E-state index is 0.0300. The summed E-state index contributed by atoms with van der Waals surface area (Å²) in [4.78, 5) is 16.5. The smallest absolute Gasteiger partial charge is 0.265 e. The third-order valence-electron chi connectivity index (χ3n) is 2.85. The van der Waals surface area contributed by atoms with Crippen molar-refractivity contribution in [3.8, 4) is 5.69 Å². The summed E-state index contributed by atoms with van der Waals surface area (Å²) in [5.41, 5.74) is 0.889. The molecular formula is C14H8ClFN2O. The fourth-order valence-corrected chi connectivity index (χ4v) is 2.06. The molecule has 3 aromatic rings. The van der Waals surface area contributed by atoms with E-state index in [-0.39, 0.29) is 10.6 Å². The van der Waals surface area contributed by atoms with Crippen LogP contribution in [0.4, 0.5) is 4.39 Å². The predicted molar refractivity (Wildman–Crippen MR) is 72.3 cm³/mol. The van der Waals surface area contributed by atoms with Gasteiger partial charge >= 0.3 is 0 Å². The van der Waals surface area contributed by atoms with Gasteiger partial charge < -0.3 is 0 Å². The van der Waals surface area contributed by atoms with E-state index in [0.29, 0.717) is 16.6 Å². The zero-order chi connectivity index (χ0) is 13.4. The average molecular weight is 275 g/mol. The fourth-order valence-electron chi connectivity index (χ4n) is 1.89. The lowest BCUT2D eigenvalue weighted by molar-refractivity contribution is 0.627. The first-order valence-corrected chi connectivity index (χ1v) is 5.96. The number of rotatable bonds is 1. The Balaban J connectivity index is 2.28. The number of aromatic nitrogens is 2. The molecule has 94 valence electrons. The molecule has 19 heavy (non-hydrogen) atoms. The topological polar surface area (TPSA) is 34.9 Å². The number of hydrogen-bond acceptors (Lipinski definition) is 2. The molecule has 0 atom stereocenters. The lowest BCUT2D eigenvalue weighted by atomic mass is 10.2. The highest BCUT2D eigenvalue weighted by Gasteiger charge is 2.07. The van der Waals surface area contributed by atoms with Crippen molar-refractivity contribution >= 4 is 22.5 Å². The van der Waals surface area contributed by atoms with E-state index < -0.39 is 5.82 Å². The van der Waals surface area contributed by atoms with Crippen LogP contribution in [-0.2, 0) is 0 Å². The summed E-state index contributed by atoms with van der Waals surface area (Å²) in [6.45, 7) is 0. The van der Waals surface area contributed by atoms with Gasteiger partial charge in [-0.25, -0.2) is 9.37 Å². The number of hydrogen-bond donors (Lipinski definition) is 0. The van der Waals surface area contributed by atoms with Crippen molar-refractivity contribution in [2.24, 2.45) is 0 Å². The van der Waals surface area contributed by atoms with Crippen molar-refractivity contribution in [2.75, 3.05) is 0 Å². The van der Waals surface area contributed by atoms with E-state index in [9.17, 15) is 9.18 Å². The first kappa shape index (κ1) is 11.9. The Morgan fingerprint density at radius 3 is 2.74 bits per heavy atom. The molecule has 0 bridgehead atoms. The number of halogens is 2. The molecule has 0 aliphatic rings. The number of benzene rings is 2. The molecule has 0 spiro atoms. The SMILES string of the molecule is O=c1c2ccccc2ncn1-c1ccc(F)c(Cl)c1. The second kappa shape index (κ2) is 4.48. The van der Waals surface area contributed by atoms with Gasteiger partial charge in [-0.3, -0.25) is 9.36 Å². The Labute approximate surface area is 112 Å². The summed E-state index contributed by atoms with van der Waals surface area (Å²) in [6.07, 6.45) is 1.41. The van der Waals surface area contributed by atoms with Crippen molar-refractivity contribution in [3.63, 3.8) is 0 Å². The molecule has 2 aromatic carbocycles. The molecule has 0 saturated heterocycles. The maximum atomic E-state index is 13.1. The van der Waals surface area contributed by atoms with Gasteiger partial charge in [-0.2, -0.15) is 0 Å². The average Bonchev–Trinajstić information content (AvgIpc) is 2.43. The maximum absolute atomic E-state index is 13.1. The van der Waals surface area contributed by atoms with Crippen LogP contribution in [0.15, 0.2) is 53.6 Å². The Morgan fingerprint density at radius 2 is 1.95 bits per heavy atom. The van der Waals surface area contributed by atoms with Gasteiger partial charge in [-0.15, -0.1) is 0 Å². The molecule has 1 heterocycles. The van der Waals surface area contributed by atoms with Crippen molar-refractivity contribution in [3.05, 3.63) is 70.0 Å². The summed E-state index contributed by atoms with van der Waals surface area (Å²) in [7, 11) is 0. The highest BCUT2D eigenvalue weighted by atomic mass is 35.5. The zero-order valence-corrected chi connectivity index (χ0v) is 10.4. The van der Waals surface area contributed by atoms with Crippen LogP contribution in [0.25, 0.3) is 16.6 Å². The third-order valence-corrected chi connectivity index (χ3v) is 3.14. The van der Waals surface area contributed by atoms with Crippen LogP contribution in [0.2, 0.25) is 5.02 Å². The van der Waals surface area contributed by atoms with Crippen molar-refractivity contribution in [2.45, 2.75) is 0 Å². The fraction of sp³-hybridized carbons (Fsp3) is 0. The molecular weight excluding hydrogens is 267 g/mol. The van der Waals surface area contributed by atoms with Crippen LogP contribution >= 0.6 is 11.6 Å². The zero-order valence-electron chi connectivity index (χ0n) is 9.68. The van der Waals surface area contributed by atoms with Crippen LogP contribution in [0.3, 0.4) is 0 Å². The van der Waals surface area contributed by atoms with Crippen LogP contribution < -0.4 is 5.56 Å². The molecule has 0 unspecified atom stereocenters. The molecule has 3 nitrogen and oxygen atoms in total. The molecule has 1 aromatic heterocycles. The summed E-state index contributed by atoms with van der Waals surface area (Å²) in [5, 5.41) is 0.475. The normalized spacial score (nSPS) is 10.8. The summed E-state index contributed by atoms with van der Waals surface area (Å²) >= 11 is 5.72. The van der Waals surface area contributed by atoms with Crippen molar-refractivity contribution in [1.82, 2.24) is 9.55 Å². The van der Waals surface area contributed by atoms with Crippen LogP contribution in [0, 0.1) is 5.82 Å². The Bertz CT molecular complexity index is 829. The summed E-state index contributed by atoms with van der Waals surface area (Å²) in [5.74, 6) is -0.521. The molecule has 0 N–H and O–H groups in total. The van der Waals surface area contributed by atoms with Gasteiger partial charge in [0.1, 0.15) is 12.1 Å². The van der Waals surface area contributed by atoms with Gasteiger partial charge in [0.15, 0.2) is 0 Å². The van der Waals surface area contributed by atoms with Gasteiger partial charge in [0.25, 0.3) is 5.56 Å². The Morgan fingerprint density at radius 1 is 1.16 bits per heavy atom. The van der Waals surface area contributed by atoms with Crippen LogP contribution in [0.1, 0.15) is 0 Å². The maximum Gasteiger partial charge on any atom is 0.265 e. The molecule has 0 aliphatic carbocycles. The second-order valence-corrected chi connectivity index (χ2v) is 4.44. The monoisotopic (exact) mass is 274 g/mol. The molecule has 0 saturated carbocycles. The lowest BCUT2D eigenvalue weighted by Crippen LogP contribution is -2.18. The minimum Gasteiger partial charge on any atom is -0.268 e. The first-order valence-electron chi connectivity index (χ1n) is 5.58. The number of nitrogens with zero attached hydrogens (tertiary/aromatic N) is 2. The predicted octanol–water partition coefficient (Wildman–Crippen LogP) is 3.18. The van der Waals surface area contributed by atoms with Crippen LogP contribution in [0.5, 0.6) is 0 Å². The van der Waals surface area contributed by atoms with Crippen molar-refractivity contribution < 1.29 is 4.39 Å². The number of para-hydroxylation sites is 1. The number of fused-ring (bicyclic) bond motifs is 1. The largest absolute Gasteiger partial charge is 0.268 e. The first-order chi connectivity index (χ1) is 9.16. The molecule has 3 rings (SSSR count). The van der Waals surface area contributed by atoms with E-state index >= 15 is 0 Å². The quantitative estimate of drug-likeness (QED) is 0.683. The summed E-state index contributed by atoms with van der Waals surface area (Å²) in [6, 6.07) is 11.2. The van der Waals surface area contributed by atoms with E-state index in [1.165, 1.54) is 29.1 Å². The van der Waals surface area contributed by atoms with Gasteiger partial charge in [-0.1, -0.05) is 23.7 Å². The minimum atomic E-state index is -0.521. The highest BCUT2D eigenvalue weighted by Crippen LogP contribution is 2.18. The standard InChI is InChI=1S/C14H8ClFN2O/c15-11-7-9(5-6-12(11)16)18-8-17-13-4-2-1-3-10(13)14(18)19/h1-8H. The lowest BCUT2D eigenvalue weighted by Gasteiger charge is -2.07. The van der Waals surface area contributed by atoms with E-state index in [1.807, 2.05) is 6.07 Å². The molecule has 0 aliphatic heterocycles. The second-order valence-electron chi connectivity index (χ2n) is 4.04. The highest BCUT2D eigenvalue weighted by molar-refractivity contribution is 6.30. The third kappa shape index (κ3) is 2.00. The van der Waals surface area contributed by atoms with E-state index in [2.05, 4.69) is 4.98 Å². The van der Waals surface area contributed by atoms with E-state index in [4.69, 9.17) is 11.6 Å². The molecule has 5 heteroatoms. The van der Waals surface area contributed by atoms with E-state index in [0.717, 1.165) is 0 Å². The van der Waals surface area contributed by atoms with Crippen LogP contribution in [-0.4, -0.2) is 9.55 Å². The molecule has 0 fully saturated rings. The molecule has 0 amide bonds. The van der Waals surface area contributed by atoms with Gasteiger partial charge in [0.2, 0.25) is 0 Å². The Kier molecular flexibility index (Phi) is 2.80. The summed E-state index contributed by atoms with van der Waals surface area (Å²) < 4.78 is 14.5. The van der Waals surface area contributed by atoms with Gasteiger partial charge in [0.05, 0.1) is 21.6 Å². The van der Waals surface area contributed by atoms with Gasteiger partial charge in [-0.05, 0) is 30.3 Å². The van der Waals surface area contributed by atoms with E-state index in [1.54, 1.807) is 18.2 Å². The Hall–Kier alpha value is -2.20. The molecule has 0 radical (unpaired) electrons. The van der Waals surface area contributed by atoms with Crippen molar-refractivity contribution in [1.29, 1.82) is 0 Å².